The summed E-state index contributed by atoms with van der Waals surface area (Å²) in [6.07, 6.45) is 0.398. The number of esters is 1. The van der Waals surface area contributed by atoms with Crippen molar-refractivity contribution < 1.29 is 61.5 Å². The topological polar surface area (TPSA) is 102 Å². The molecule has 1 atom stereocenters. The van der Waals surface area contributed by atoms with Gasteiger partial charge in [-0.3, -0.25) is 4.79 Å². The Labute approximate surface area is 156 Å². The minimum absolute atomic E-state index is 0. The van der Waals surface area contributed by atoms with Crippen molar-refractivity contribution in [3.05, 3.63) is 0 Å². The van der Waals surface area contributed by atoms with E-state index in [1.54, 1.807) is 6.92 Å². The largest absolute Gasteiger partial charge is 1.00 e. The molecule has 0 bridgehead atoms. The van der Waals surface area contributed by atoms with Gasteiger partial charge in [0.2, 0.25) is 0 Å². The van der Waals surface area contributed by atoms with E-state index in [1.807, 2.05) is 20.8 Å². The molecule has 0 fully saturated rings. The SMILES string of the molecule is CCOC(C)C.CCOCOC(=O)C(C(C)C)S(=O)(=O)[O-].[Na+]. The van der Waals surface area contributed by atoms with Gasteiger partial charge in [0.05, 0.1) is 6.10 Å². The summed E-state index contributed by atoms with van der Waals surface area (Å²) >= 11 is 0. The second-order valence-electron chi connectivity index (χ2n) is 4.74. The van der Waals surface area contributed by atoms with E-state index in [9.17, 15) is 17.8 Å². The fourth-order valence-electron chi connectivity index (χ4n) is 1.32. The van der Waals surface area contributed by atoms with Gasteiger partial charge in [-0.05, 0) is 33.6 Å². The molecule has 0 heterocycles. The van der Waals surface area contributed by atoms with Crippen LogP contribution in [0, 0.1) is 5.92 Å². The van der Waals surface area contributed by atoms with E-state index in [1.165, 1.54) is 13.8 Å². The minimum Gasteiger partial charge on any atom is -0.747 e. The van der Waals surface area contributed by atoms with Crippen LogP contribution in [0.1, 0.15) is 41.5 Å². The summed E-state index contributed by atoms with van der Waals surface area (Å²) in [4.78, 5) is 11.2. The second-order valence-corrected chi connectivity index (χ2v) is 6.23. The third-order valence-corrected chi connectivity index (χ3v) is 3.50. The molecule has 0 aliphatic rings. The molecule has 0 saturated heterocycles. The predicted octanol–water partition coefficient (Wildman–Crippen LogP) is -1.47. The van der Waals surface area contributed by atoms with Gasteiger partial charge in [0.1, 0.15) is 15.4 Å². The Bertz CT molecular complexity index is 369. The zero-order valence-corrected chi connectivity index (χ0v) is 17.4. The molecule has 0 saturated carbocycles. The Morgan fingerprint density at radius 3 is 1.82 bits per heavy atom. The summed E-state index contributed by atoms with van der Waals surface area (Å²) in [5, 5.41) is -1.67. The molecule has 0 amide bonds. The van der Waals surface area contributed by atoms with Crippen LogP contribution >= 0.6 is 0 Å². The van der Waals surface area contributed by atoms with Crippen LogP contribution in [0.3, 0.4) is 0 Å². The molecule has 0 aliphatic carbocycles. The zero-order valence-electron chi connectivity index (χ0n) is 14.6. The standard InChI is InChI=1S/C8H16O6S.C5H12O.Na/c1-4-13-5-14-8(9)7(6(2)3)15(10,11)12;1-4-6-5(2)3;/h6-7H,4-5H2,1-3H3,(H,10,11,12);5H,4H2,1-3H3;/q;;+1/p-1. The molecule has 0 aromatic carbocycles. The fourth-order valence-corrected chi connectivity index (χ4v) is 2.29. The average Bonchev–Trinajstić information content (AvgIpc) is 2.27. The number of hydrogen-bond donors (Lipinski definition) is 0. The van der Waals surface area contributed by atoms with Crippen molar-refractivity contribution in [2.75, 3.05) is 20.0 Å². The van der Waals surface area contributed by atoms with Crippen LogP contribution in [-0.2, 0) is 29.1 Å². The first kappa shape index (κ1) is 27.2. The van der Waals surface area contributed by atoms with Crippen LogP contribution in [0.2, 0.25) is 0 Å². The van der Waals surface area contributed by atoms with E-state index in [0.717, 1.165) is 6.61 Å². The van der Waals surface area contributed by atoms with Crippen molar-refractivity contribution in [1.29, 1.82) is 0 Å². The first-order chi connectivity index (χ1) is 9.57. The Morgan fingerprint density at radius 2 is 1.59 bits per heavy atom. The Kier molecular flexibility index (Phi) is 18.4. The van der Waals surface area contributed by atoms with E-state index in [-0.39, 0.29) is 36.4 Å². The molecule has 0 aliphatic heterocycles. The fraction of sp³-hybridized carbons (Fsp3) is 0.923. The summed E-state index contributed by atoms with van der Waals surface area (Å²) in [6.45, 7) is 11.5. The molecule has 7 nitrogen and oxygen atoms in total. The van der Waals surface area contributed by atoms with Crippen LogP contribution in [0.15, 0.2) is 0 Å². The maximum Gasteiger partial charge on any atom is 1.00 e. The monoisotopic (exact) mass is 350 g/mol. The average molecular weight is 350 g/mol. The number of carbonyl (C=O) groups is 1. The zero-order chi connectivity index (χ0) is 17.1. The molecule has 128 valence electrons. The summed E-state index contributed by atoms with van der Waals surface area (Å²) in [6, 6.07) is 0. The number of rotatable bonds is 8. The van der Waals surface area contributed by atoms with Crippen molar-refractivity contribution in [2.24, 2.45) is 5.92 Å². The van der Waals surface area contributed by atoms with Gasteiger partial charge in [-0.25, -0.2) is 8.42 Å². The Morgan fingerprint density at radius 1 is 1.09 bits per heavy atom. The molecule has 0 rings (SSSR count). The van der Waals surface area contributed by atoms with Crippen LogP contribution in [-0.4, -0.2) is 50.3 Å². The van der Waals surface area contributed by atoms with Gasteiger partial charge in [-0.15, -0.1) is 0 Å². The van der Waals surface area contributed by atoms with Gasteiger partial charge < -0.3 is 18.8 Å². The third-order valence-electron chi connectivity index (χ3n) is 2.14. The Hall–Kier alpha value is 0.300. The number of ether oxygens (including phenoxy) is 3. The van der Waals surface area contributed by atoms with Crippen molar-refractivity contribution in [2.45, 2.75) is 52.9 Å². The molecule has 0 spiro atoms. The van der Waals surface area contributed by atoms with Crippen molar-refractivity contribution in [3.63, 3.8) is 0 Å². The molecule has 1 unspecified atom stereocenters. The minimum atomic E-state index is -4.68. The normalized spacial score (nSPS) is 12.2. The number of carbonyl (C=O) groups excluding carboxylic acids is 1. The van der Waals surface area contributed by atoms with Crippen molar-refractivity contribution in [3.8, 4) is 0 Å². The molecule has 0 aromatic rings. The van der Waals surface area contributed by atoms with E-state index in [4.69, 9.17) is 9.47 Å². The van der Waals surface area contributed by atoms with Crippen LogP contribution in [0.4, 0.5) is 0 Å². The molecule has 0 N–H and O–H groups in total. The summed E-state index contributed by atoms with van der Waals surface area (Å²) in [7, 11) is -4.68. The van der Waals surface area contributed by atoms with Gasteiger partial charge in [0.15, 0.2) is 6.79 Å². The quantitative estimate of drug-likeness (QED) is 0.173. The first-order valence-electron chi connectivity index (χ1n) is 6.88. The van der Waals surface area contributed by atoms with Gasteiger partial charge >= 0.3 is 35.5 Å². The van der Waals surface area contributed by atoms with Crippen LogP contribution in [0.25, 0.3) is 0 Å². The van der Waals surface area contributed by atoms with E-state index in [2.05, 4.69) is 4.74 Å². The number of hydrogen-bond acceptors (Lipinski definition) is 7. The van der Waals surface area contributed by atoms with Crippen molar-refractivity contribution >= 4 is 16.1 Å². The molecule has 9 heteroatoms. The van der Waals surface area contributed by atoms with Gasteiger partial charge in [0, 0.05) is 13.2 Å². The Balaban J connectivity index is -0.000000439. The maximum absolute atomic E-state index is 11.2. The smallest absolute Gasteiger partial charge is 0.747 e. The summed E-state index contributed by atoms with van der Waals surface area (Å²) in [5.74, 6) is -1.69. The maximum atomic E-state index is 11.2. The van der Waals surface area contributed by atoms with Crippen molar-refractivity contribution in [1.82, 2.24) is 0 Å². The van der Waals surface area contributed by atoms with Crippen LogP contribution < -0.4 is 29.6 Å². The van der Waals surface area contributed by atoms with Gasteiger partial charge in [-0.1, -0.05) is 13.8 Å². The van der Waals surface area contributed by atoms with E-state index in [0.29, 0.717) is 12.7 Å². The van der Waals surface area contributed by atoms with E-state index >= 15 is 0 Å². The van der Waals surface area contributed by atoms with Gasteiger partial charge in [0.25, 0.3) is 0 Å². The predicted molar refractivity (Wildman–Crippen MR) is 77.7 cm³/mol. The van der Waals surface area contributed by atoms with Gasteiger partial charge in [-0.2, -0.15) is 0 Å². The molecular formula is C13H27NaO7S. The summed E-state index contributed by atoms with van der Waals surface area (Å²) in [5.41, 5.74) is 0. The molecule has 22 heavy (non-hydrogen) atoms. The molecular weight excluding hydrogens is 323 g/mol. The second kappa shape index (κ2) is 14.9. The van der Waals surface area contributed by atoms with E-state index < -0.39 is 27.3 Å². The third kappa shape index (κ3) is 15.2. The molecule has 0 aromatic heterocycles. The summed E-state index contributed by atoms with van der Waals surface area (Å²) < 4.78 is 46.5. The molecule has 0 radical (unpaired) electrons. The van der Waals surface area contributed by atoms with Crippen LogP contribution in [0.5, 0.6) is 0 Å². The first-order valence-corrected chi connectivity index (χ1v) is 8.35.